The number of piperidine rings is 1. The number of nitrogens with one attached hydrogen (secondary N) is 3. The first-order valence-electron chi connectivity index (χ1n) is 8.44. The second-order valence-electron chi connectivity index (χ2n) is 6.39. The fourth-order valence-corrected chi connectivity index (χ4v) is 3.33. The van der Waals surface area contributed by atoms with Gasteiger partial charge in [-0.05, 0) is 44.0 Å². The number of nitrogens with zero attached hydrogens (tertiary/aromatic N) is 2. The lowest BCUT2D eigenvalue weighted by atomic mass is 9.99. The Bertz CT molecular complexity index is 821. The number of fused-ring (bicyclic) bond motifs is 1. The highest BCUT2D eigenvalue weighted by atomic mass is 15.1. The van der Waals surface area contributed by atoms with Crippen molar-refractivity contribution < 1.29 is 0 Å². The molecule has 0 saturated carbocycles. The summed E-state index contributed by atoms with van der Waals surface area (Å²) in [6, 6.07) is 10.1. The molecule has 0 spiro atoms. The molecule has 6 nitrogen and oxygen atoms in total. The third kappa shape index (κ3) is 3.05. The van der Waals surface area contributed by atoms with Gasteiger partial charge < -0.3 is 16.4 Å². The standard InChI is InChI=1S/C18H22N6/c19-18-9-16(21-11-12-2-1-6-20-10-12)14-4-3-13(8-17(14)23-18)15-5-7-22-24-15/h3-5,7-9,12,20H,1-2,6,10-11H2,(H,22,24)(H3,19,21,23)/t12-/m1/s1. The Hall–Kier alpha value is -2.60. The molecule has 6 heteroatoms. The van der Waals surface area contributed by atoms with E-state index < -0.39 is 0 Å². The van der Waals surface area contributed by atoms with Crippen molar-refractivity contribution in [3.05, 3.63) is 36.5 Å². The fourth-order valence-electron chi connectivity index (χ4n) is 3.33. The first kappa shape index (κ1) is 15.0. The van der Waals surface area contributed by atoms with E-state index in [2.05, 4.69) is 37.9 Å². The van der Waals surface area contributed by atoms with Crippen LogP contribution in [0.2, 0.25) is 0 Å². The number of hydrogen-bond acceptors (Lipinski definition) is 5. The van der Waals surface area contributed by atoms with Crippen LogP contribution in [0, 0.1) is 5.92 Å². The van der Waals surface area contributed by atoms with E-state index in [1.807, 2.05) is 18.2 Å². The minimum atomic E-state index is 0.536. The van der Waals surface area contributed by atoms with Crippen LogP contribution in [0.25, 0.3) is 22.2 Å². The highest BCUT2D eigenvalue weighted by Crippen LogP contribution is 2.28. The number of nitrogen functional groups attached to an aromatic ring is 1. The molecule has 4 rings (SSSR count). The number of pyridine rings is 1. The van der Waals surface area contributed by atoms with Crippen LogP contribution < -0.4 is 16.4 Å². The Labute approximate surface area is 140 Å². The third-order valence-electron chi connectivity index (χ3n) is 4.62. The second-order valence-corrected chi connectivity index (χ2v) is 6.39. The molecule has 0 amide bonds. The molecule has 1 aliphatic rings. The molecular formula is C18H22N6. The molecule has 2 aromatic heterocycles. The number of hydrogen-bond donors (Lipinski definition) is 4. The van der Waals surface area contributed by atoms with Crippen LogP contribution in [-0.2, 0) is 0 Å². The molecule has 0 radical (unpaired) electrons. The van der Waals surface area contributed by atoms with Crippen molar-refractivity contribution in [2.45, 2.75) is 12.8 Å². The highest BCUT2D eigenvalue weighted by molar-refractivity contribution is 5.95. The summed E-state index contributed by atoms with van der Waals surface area (Å²) in [5.41, 5.74) is 10.0. The van der Waals surface area contributed by atoms with Gasteiger partial charge in [-0.1, -0.05) is 12.1 Å². The van der Waals surface area contributed by atoms with Crippen LogP contribution in [-0.4, -0.2) is 34.8 Å². The molecule has 0 bridgehead atoms. The zero-order valence-electron chi connectivity index (χ0n) is 13.5. The Balaban J connectivity index is 1.62. The van der Waals surface area contributed by atoms with E-state index in [-0.39, 0.29) is 0 Å². The van der Waals surface area contributed by atoms with Gasteiger partial charge >= 0.3 is 0 Å². The minimum absolute atomic E-state index is 0.536. The summed E-state index contributed by atoms with van der Waals surface area (Å²) < 4.78 is 0. The number of benzene rings is 1. The molecule has 24 heavy (non-hydrogen) atoms. The number of anilines is 2. The highest BCUT2D eigenvalue weighted by Gasteiger charge is 2.14. The van der Waals surface area contributed by atoms with E-state index in [1.54, 1.807) is 6.20 Å². The van der Waals surface area contributed by atoms with Crippen LogP contribution in [0.1, 0.15) is 12.8 Å². The van der Waals surface area contributed by atoms with Gasteiger partial charge in [-0.25, -0.2) is 4.98 Å². The summed E-state index contributed by atoms with van der Waals surface area (Å²) in [5, 5.41) is 15.1. The first-order valence-corrected chi connectivity index (χ1v) is 8.44. The zero-order chi connectivity index (χ0) is 16.4. The summed E-state index contributed by atoms with van der Waals surface area (Å²) in [6.07, 6.45) is 4.26. The van der Waals surface area contributed by atoms with Crippen LogP contribution in [0.15, 0.2) is 36.5 Å². The van der Waals surface area contributed by atoms with Crippen molar-refractivity contribution in [3.8, 4) is 11.3 Å². The van der Waals surface area contributed by atoms with E-state index in [1.165, 1.54) is 12.8 Å². The van der Waals surface area contributed by atoms with Gasteiger partial charge in [-0.3, -0.25) is 5.10 Å². The van der Waals surface area contributed by atoms with Gasteiger partial charge in [-0.15, -0.1) is 0 Å². The van der Waals surface area contributed by atoms with Gasteiger partial charge in [0.15, 0.2) is 0 Å². The van der Waals surface area contributed by atoms with Crippen molar-refractivity contribution in [3.63, 3.8) is 0 Å². The Morgan fingerprint density at radius 2 is 2.21 bits per heavy atom. The predicted octanol–water partition coefficient (Wildman–Crippen LogP) is 2.62. The molecule has 5 N–H and O–H groups in total. The minimum Gasteiger partial charge on any atom is -0.384 e. The maximum absolute atomic E-state index is 6.02. The molecule has 3 aromatic rings. The van der Waals surface area contributed by atoms with E-state index in [9.17, 15) is 0 Å². The average molecular weight is 322 g/mol. The number of aromatic nitrogens is 3. The normalized spacial score (nSPS) is 17.9. The van der Waals surface area contributed by atoms with Gasteiger partial charge in [-0.2, -0.15) is 5.10 Å². The monoisotopic (exact) mass is 322 g/mol. The van der Waals surface area contributed by atoms with Crippen LogP contribution >= 0.6 is 0 Å². The van der Waals surface area contributed by atoms with Gasteiger partial charge in [0.1, 0.15) is 5.82 Å². The van der Waals surface area contributed by atoms with Crippen LogP contribution in [0.4, 0.5) is 11.5 Å². The van der Waals surface area contributed by atoms with Gasteiger partial charge in [0.25, 0.3) is 0 Å². The van der Waals surface area contributed by atoms with E-state index in [4.69, 9.17) is 5.73 Å². The largest absolute Gasteiger partial charge is 0.384 e. The number of nitrogens with two attached hydrogens (primary N) is 1. The van der Waals surface area contributed by atoms with E-state index in [0.29, 0.717) is 11.7 Å². The van der Waals surface area contributed by atoms with Gasteiger partial charge in [0.05, 0.1) is 11.2 Å². The molecule has 1 atom stereocenters. The fraction of sp³-hybridized carbons (Fsp3) is 0.333. The molecule has 1 aromatic carbocycles. The van der Waals surface area contributed by atoms with Crippen molar-refractivity contribution >= 4 is 22.4 Å². The molecule has 3 heterocycles. The topological polar surface area (TPSA) is 91.6 Å². The number of rotatable bonds is 4. The molecule has 1 aliphatic heterocycles. The maximum atomic E-state index is 6.02. The Morgan fingerprint density at radius 1 is 1.25 bits per heavy atom. The Morgan fingerprint density at radius 3 is 3.00 bits per heavy atom. The first-order chi connectivity index (χ1) is 11.8. The smallest absolute Gasteiger partial charge is 0.126 e. The van der Waals surface area contributed by atoms with Crippen LogP contribution in [0.5, 0.6) is 0 Å². The molecule has 1 saturated heterocycles. The number of H-pyrrole nitrogens is 1. The second kappa shape index (κ2) is 6.49. The van der Waals surface area contributed by atoms with Crippen molar-refractivity contribution in [2.24, 2.45) is 5.92 Å². The maximum Gasteiger partial charge on any atom is 0.126 e. The molecule has 124 valence electrons. The van der Waals surface area contributed by atoms with E-state index >= 15 is 0 Å². The number of aromatic amines is 1. The summed E-state index contributed by atoms with van der Waals surface area (Å²) in [5.74, 6) is 1.20. The predicted molar refractivity (Wildman–Crippen MR) is 97.8 cm³/mol. The summed E-state index contributed by atoms with van der Waals surface area (Å²) in [6.45, 7) is 3.17. The molecular weight excluding hydrogens is 300 g/mol. The quantitative estimate of drug-likeness (QED) is 0.593. The molecule has 1 fully saturated rings. The van der Waals surface area contributed by atoms with Crippen molar-refractivity contribution in [2.75, 3.05) is 30.7 Å². The Kier molecular flexibility index (Phi) is 4.04. The summed E-state index contributed by atoms with van der Waals surface area (Å²) in [4.78, 5) is 4.49. The third-order valence-corrected chi connectivity index (χ3v) is 4.62. The lowest BCUT2D eigenvalue weighted by Crippen LogP contribution is -2.33. The lowest BCUT2D eigenvalue weighted by molar-refractivity contribution is 0.393. The van der Waals surface area contributed by atoms with Crippen molar-refractivity contribution in [1.29, 1.82) is 0 Å². The van der Waals surface area contributed by atoms with Crippen LogP contribution in [0.3, 0.4) is 0 Å². The van der Waals surface area contributed by atoms with Gasteiger partial charge in [0, 0.05) is 35.4 Å². The zero-order valence-corrected chi connectivity index (χ0v) is 13.5. The van der Waals surface area contributed by atoms with Crippen molar-refractivity contribution in [1.82, 2.24) is 20.5 Å². The molecule has 0 unspecified atom stereocenters. The summed E-state index contributed by atoms with van der Waals surface area (Å²) >= 11 is 0. The van der Waals surface area contributed by atoms with Gasteiger partial charge in [0.2, 0.25) is 0 Å². The lowest BCUT2D eigenvalue weighted by Gasteiger charge is -2.23. The van der Waals surface area contributed by atoms with E-state index in [0.717, 1.165) is 47.5 Å². The molecule has 0 aliphatic carbocycles. The summed E-state index contributed by atoms with van der Waals surface area (Å²) in [7, 11) is 0. The average Bonchev–Trinajstić information content (AvgIpc) is 3.14. The SMILES string of the molecule is Nc1cc(NC[C@@H]2CCCNC2)c2ccc(-c3ccn[nH]3)cc2n1.